The van der Waals surface area contributed by atoms with E-state index in [1.807, 2.05) is 17.0 Å². The highest BCUT2D eigenvalue weighted by atomic mass is 19.4. The van der Waals surface area contributed by atoms with Crippen LogP contribution in [0.2, 0.25) is 0 Å². The maximum Gasteiger partial charge on any atom is 0.391 e. The van der Waals surface area contributed by atoms with Crippen LogP contribution < -0.4 is 10.2 Å². The number of aromatic nitrogens is 1. The molecule has 1 saturated heterocycles. The van der Waals surface area contributed by atoms with Crippen molar-refractivity contribution in [2.45, 2.75) is 32.4 Å². The molecule has 0 aromatic carbocycles. The Morgan fingerprint density at radius 1 is 1.35 bits per heavy atom. The third-order valence-corrected chi connectivity index (χ3v) is 3.62. The molecule has 1 aromatic heterocycles. The summed E-state index contributed by atoms with van der Waals surface area (Å²) in [4.78, 5) is 6.21. The van der Waals surface area contributed by atoms with E-state index in [1.54, 1.807) is 6.20 Å². The Morgan fingerprint density at radius 3 is 2.65 bits per heavy atom. The minimum atomic E-state index is -4.06. The van der Waals surface area contributed by atoms with Crippen molar-refractivity contribution in [2.24, 2.45) is 5.92 Å². The van der Waals surface area contributed by atoms with E-state index in [1.165, 1.54) is 0 Å². The fourth-order valence-electron chi connectivity index (χ4n) is 2.43. The van der Waals surface area contributed by atoms with Crippen molar-refractivity contribution in [3.63, 3.8) is 0 Å². The third kappa shape index (κ3) is 3.77. The average molecular weight is 287 g/mol. The van der Waals surface area contributed by atoms with Crippen LogP contribution in [0, 0.1) is 5.92 Å². The maximum absolute atomic E-state index is 12.6. The smallest absolute Gasteiger partial charge is 0.371 e. The molecule has 1 N–H and O–H groups in total. The topological polar surface area (TPSA) is 28.2 Å². The van der Waals surface area contributed by atoms with Crippen LogP contribution in [-0.2, 0) is 0 Å². The highest BCUT2D eigenvalue weighted by Crippen LogP contribution is 2.35. The van der Waals surface area contributed by atoms with E-state index in [0.717, 1.165) is 24.5 Å². The molecule has 0 saturated carbocycles. The van der Waals surface area contributed by atoms with Crippen LogP contribution >= 0.6 is 0 Å². The minimum absolute atomic E-state index is 0.170. The normalized spacial score (nSPS) is 17.3. The first kappa shape index (κ1) is 14.9. The Labute approximate surface area is 117 Å². The number of halogens is 3. The first-order valence-corrected chi connectivity index (χ1v) is 7.02. The van der Waals surface area contributed by atoms with Gasteiger partial charge in [-0.3, -0.25) is 0 Å². The van der Waals surface area contributed by atoms with Gasteiger partial charge in [0.15, 0.2) is 0 Å². The second kappa shape index (κ2) is 6.33. The van der Waals surface area contributed by atoms with Gasteiger partial charge < -0.3 is 10.2 Å². The summed E-state index contributed by atoms with van der Waals surface area (Å²) in [5, 5.41) is 3.19. The molecule has 2 heterocycles. The van der Waals surface area contributed by atoms with E-state index >= 15 is 0 Å². The van der Waals surface area contributed by atoms with Gasteiger partial charge in [-0.1, -0.05) is 6.92 Å². The first-order chi connectivity index (χ1) is 9.50. The Balaban J connectivity index is 1.96. The summed E-state index contributed by atoms with van der Waals surface area (Å²) in [6, 6.07) is 3.76. The Kier molecular flexibility index (Phi) is 4.73. The predicted octanol–water partition coefficient (Wildman–Crippen LogP) is 3.68. The van der Waals surface area contributed by atoms with E-state index in [-0.39, 0.29) is 12.8 Å². The fourth-order valence-corrected chi connectivity index (χ4v) is 2.43. The van der Waals surface area contributed by atoms with E-state index in [2.05, 4.69) is 17.2 Å². The molecule has 3 nitrogen and oxygen atoms in total. The second-order valence-electron chi connectivity index (χ2n) is 5.13. The lowest BCUT2D eigenvalue weighted by atomic mass is 9.96. The van der Waals surface area contributed by atoms with Crippen LogP contribution in [-0.4, -0.2) is 30.8 Å². The lowest BCUT2D eigenvalue weighted by Crippen LogP contribution is -2.39. The van der Waals surface area contributed by atoms with E-state index in [9.17, 15) is 13.2 Å². The number of pyridine rings is 1. The van der Waals surface area contributed by atoms with Gasteiger partial charge in [0.1, 0.15) is 5.82 Å². The second-order valence-corrected chi connectivity index (χ2v) is 5.13. The molecule has 6 heteroatoms. The van der Waals surface area contributed by atoms with E-state index in [0.29, 0.717) is 13.1 Å². The largest absolute Gasteiger partial charge is 0.391 e. The molecule has 112 valence electrons. The molecule has 20 heavy (non-hydrogen) atoms. The van der Waals surface area contributed by atoms with Gasteiger partial charge in [0, 0.05) is 37.6 Å². The molecule has 0 atom stereocenters. The highest BCUT2D eigenvalue weighted by molar-refractivity contribution is 5.54. The van der Waals surface area contributed by atoms with Crippen LogP contribution in [0.15, 0.2) is 18.3 Å². The molecule has 1 aromatic rings. The van der Waals surface area contributed by atoms with Gasteiger partial charge in [-0.25, -0.2) is 4.98 Å². The molecule has 1 aliphatic heterocycles. The summed E-state index contributed by atoms with van der Waals surface area (Å²) >= 11 is 0. The standard InChI is InChI=1S/C14H20F3N3/c1-2-6-18-13-10-12(3-7-19-13)20-8-4-11(5-9-20)14(15,16)17/h3,7,10-11H,2,4-6,8-9H2,1H3,(H,18,19). The van der Waals surface area contributed by atoms with Gasteiger partial charge in [-0.2, -0.15) is 13.2 Å². The molecule has 0 amide bonds. The van der Waals surface area contributed by atoms with Crippen molar-refractivity contribution in [3.05, 3.63) is 18.3 Å². The lowest BCUT2D eigenvalue weighted by molar-refractivity contribution is -0.179. The molecular formula is C14H20F3N3. The van der Waals surface area contributed by atoms with Crippen molar-refractivity contribution in [3.8, 4) is 0 Å². The highest BCUT2D eigenvalue weighted by Gasteiger charge is 2.41. The van der Waals surface area contributed by atoms with E-state index in [4.69, 9.17) is 0 Å². The summed E-state index contributed by atoms with van der Waals surface area (Å²) in [6.07, 6.45) is -1.02. The lowest BCUT2D eigenvalue weighted by Gasteiger charge is -2.34. The van der Waals surface area contributed by atoms with Crippen LogP contribution in [0.4, 0.5) is 24.7 Å². The summed E-state index contributed by atoms with van der Waals surface area (Å²) in [6.45, 7) is 3.80. The molecule has 0 unspecified atom stereocenters. The number of nitrogens with one attached hydrogen (secondary N) is 1. The monoisotopic (exact) mass is 287 g/mol. The van der Waals surface area contributed by atoms with Crippen molar-refractivity contribution < 1.29 is 13.2 Å². The maximum atomic E-state index is 12.6. The number of piperidine rings is 1. The third-order valence-electron chi connectivity index (χ3n) is 3.62. The summed E-state index contributed by atoms with van der Waals surface area (Å²) in [5.74, 6) is -0.374. The van der Waals surface area contributed by atoms with Gasteiger partial charge in [0.2, 0.25) is 0 Å². The zero-order valence-electron chi connectivity index (χ0n) is 11.6. The van der Waals surface area contributed by atoms with Crippen molar-refractivity contribution in [1.82, 2.24) is 4.98 Å². The van der Waals surface area contributed by atoms with Gasteiger partial charge in [0.05, 0.1) is 5.92 Å². The number of rotatable bonds is 4. The van der Waals surface area contributed by atoms with Gasteiger partial charge in [0.25, 0.3) is 0 Å². The van der Waals surface area contributed by atoms with Crippen LogP contribution in [0.25, 0.3) is 0 Å². The van der Waals surface area contributed by atoms with Crippen LogP contribution in [0.1, 0.15) is 26.2 Å². The Bertz CT molecular complexity index is 426. The zero-order valence-corrected chi connectivity index (χ0v) is 11.6. The Morgan fingerprint density at radius 2 is 2.05 bits per heavy atom. The van der Waals surface area contributed by atoms with Crippen molar-refractivity contribution >= 4 is 11.5 Å². The quantitative estimate of drug-likeness (QED) is 0.915. The summed E-state index contributed by atoms with van der Waals surface area (Å²) in [5.41, 5.74) is 0.944. The SMILES string of the molecule is CCCNc1cc(N2CCC(C(F)(F)F)CC2)ccn1. The summed E-state index contributed by atoms with van der Waals surface area (Å²) in [7, 11) is 0. The average Bonchev–Trinajstić information content (AvgIpc) is 2.45. The number of hydrogen-bond acceptors (Lipinski definition) is 3. The summed E-state index contributed by atoms with van der Waals surface area (Å²) < 4.78 is 37.9. The molecule has 2 rings (SSSR count). The van der Waals surface area contributed by atoms with Crippen molar-refractivity contribution in [1.29, 1.82) is 0 Å². The molecule has 0 radical (unpaired) electrons. The molecule has 0 bridgehead atoms. The Hall–Kier alpha value is -1.46. The molecule has 0 aliphatic carbocycles. The zero-order chi connectivity index (χ0) is 14.6. The van der Waals surface area contributed by atoms with Gasteiger partial charge in [-0.15, -0.1) is 0 Å². The van der Waals surface area contributed by atoms with Crippen LogP contribution in [0.5, 0.6) is 0 Å². The molecular weight excluding hydrogens is 267 g/mol. The number of hydrogen-bond donors (Lipinski definition) is 1. The number of nitrogens with zero attached hydrogens (tertiary/aromatic N) is 2. The number of alkyl halides is 3. The van der Waals surface area contributed by atoms with Crippen LogP contribution in [0.3, 0.4) is 0 Å². The fraction of sp³-hybridized carbons (Fsp3) is 0.643. The molecule has 1 aliphatic rings. The number of anilines is 2. The van der Waals surface area contributed by atoms with Gasteiger partial charge >= 0.3 is 6.18 Å². The van der Waals surface area contributed by atoms with E-state index < -0.39 is 12.1 Å². The molecule has 0 spiro atoms. The van der Waals surface area contributed by atoms with Gasteiger partial charge in [-0.05, 0) is 25.3 Å². The predicted molar refractivity (Wildman–Crippen MR) is 74.0 cm³/mol. The van der Waals surface area contributed by atoms with Crippen molar-refractivity contribution in [2.75, 3.05) is 29.9 Å². The first-order valence-electron chi connectivity index (χ1n) is 7.02. The minimum Gasteiger partial charge on any atom is -0.371 e. The molecule has 1 fully saturated rings.